The van der Waals surface area contributed by atoms with Gasteiger partial charge in [0.25, 0.3) is 5.89 Å². The molecule has 2 heterocycles. The predicted molar refractivity (Wildman–Crippen MR) is 62.0 cm³/mol. The Kier molecular flexibility index (Phi) is 3.89. The summed E-state index contributed by atoms with van der Waals surface area (Å²) in [4.78, 5) is 2.09. The van der Waals surface area contributed by atoms with Crippen LogP contribution in [0.15, 0.2) is 27.2 Å². The molecule has 0 amide bonds. The Labute approximate surface area is 99.4 Å². The van der Waals surface area contributed by atoms with E-state index in [0.717, 1.165) is 13.0 Å². The van der Waals surface area contributed by atoms with Crippen LogP contribution in [0.5, 0.6) is 0 Å². The average Bonchev–Trinajstić information content (AvgIpc) is 2.95. The third-order valence-electron chi connectivity index (χ3n) is 2.35. The summed E-state index contributed by atoms with van der Waals surface area (Å²) in [6, 6.07) is 3.57. The van der Waals surface area contributed by atoms with Gasteiger partial charge in [-0.25, -0.2) is 0 Å². The van der Waals surface area contributed by atoms with E-state index in [0.29, 0.717) is 30.6 Å². The highest BCUT2D eigenvalue weighted by molar-refractivity contribution is 5.42. The molecule has 0 aromatic carbocycles. The minimum atomic E-state index is 0.414. The van der Waals surface area contributed by atoms with Crippen molar-refractivity contribution in [1.29, 1.82) is 0 Å². The highest BCUT2D eigenvalue weighted by Crippen LogP contribution is 2.18. The minimum Gasteiger partial charge on any atom is -0.459 e. The van der Waals surface area contributed by atoms with Crippen molar-refractivity contribution in [3.05, 3.63) is 24.3 Å². The van der Waals surface area contributed by atoms with Crippen LogP contribution in [-0.4, -0.2) is 35.2 Å². The predicted octanol–water partition coefficient (Wildman–Crippen LogP) is 1.11. The van der Waals surface area contributed by atoms with E-state index >= 15 is 0 Å². The Bertz CT molecular complexity index is 438. The molecule has 6 nitrogen and oxygen atoms in total. The molecule has 0 aliphatic carbocycles. The van der Waals surface area contributed by atoms with Crippen molar-refractivity contribution in [3.63, 3.8) is 0 Å². The third-order valence-corrected chi connectivity index (χ3v) is 2.35. The van der Waals surface area contributed by atoms with Crippen molar-refractivity contribution in [2.24, 2.45) is 5.73 Å². The lowest BCUT2D eigenvalue weighted by Crippen LogP contribution is -2.21. The highest BCUT2D eigenvalue weighted by atomic mass is 16.4. The van der Waals surface area contributed by atoms with E-state index in [1.807, 2.05) is 7.05 Å². The molecule has 0 spiro atoms. The Balaban J connectivity index is 1.94. The van der Waals surface area contributed by atoms with Gasteiger partial charge in [0.05, 0.1) is 12.8 Å². The smallest absolute Gasteiger partial charge is 0.283 e. The molecular formula is C11H16N4O2. The molecule has 0 saturated carbocycles. The van der Waals surface area contributed by atoms with Crippen LogP contribution < -0.4 is 5.73 Å². The van der Waals surface area contributed by atoms with E-state index < -0.39 is 0 Å². The molecule has 0 atom stereocenters. The number of hydrogen-bond acceptors (Lipinski definition) is 6. The van der Waals surface area contributed by atoms with Gasteiger partial charge in [0.1, 0.15) is 0 Å². The van der Waals surface area contributed by atoms with Gasteiger partial charge < -0.3 is 14.6 Å². The van der Waals surface area contributed by atoms with Gasteiger partial charge >= 0.3 is 0 Å². The maximum atomic E-state index is 5.49. The molecule has 0 radical (unpaired) electrons. The standard InChI is InChI=1S/C11H16N4O2/c1-15(6-3-5-12)8-10-13-14-11(17-10)9-4-2-7-16-9/h2,4,7H,3,5-6,8,12H2,1H3. The lowest BCUT2D eigenvalue weighted by Gasteiger charge is -2.12. The summed E-state index contributed by atoms with van der Waals surface area (Å²) in [6.07, 6.45) is 2.53. The Hall–Kier alpha value is -1.66. The number of furan rings is 1. The largest absolute Gasteiger partial charge is 0.459 e. The zero-order valence-electron chi connectivity index (χ0n) is 9.80. The van der Waals surface area contributed by atoms with Crippen molar-refractivity contribution in [2.75, 3.05) is 20.1 Å². The van der Waals surface area contributed by atoms with Crippen molar-refractivity contribution < 1.29 is 8.83 Å². The Morgan fingerprint density at radius 3 is 3.00 bits per heavy atom. The molecular weight excluding hydrogens is 220 g/mol. The third kappa shape index (κ3) is 3.15. The molecule has 2 aromatic rings. The molecule has 17 heavy (non-hydrogen) atoms. The summed E-state index contributed by atoms with van der Waals surface area (Å²) in [6.45, 7) is 2.22. The van der Waals surface area contributed by atoms with E-state index in [4.69, 9.17) is 14.6 Å². The fraction of sp³-hybridized carbons (Fsp3) is 0.455. The van der Waals surface area contributed by atoms with Crippen molar-refractivity contribution in [1.82, 2.24) is 15.1 Å². The lowest BCUT2D eigenvalue weighted by molar-refractivity contribution is 0.287. The van der Waals surface area contributed by atoms with Crippen LogP contribution >= 0.6 is 0 Å². The first kappa shape index (κ1) is 11.8. The van der Waals surface area contributed by atoms with Gasteiger partial charge in [-0.05, 0) is 38.7 Å². The molecule has 0 aliphatic rings. The van der Waals surface area contributed by atoms with Gasteiger partial charge in [-0.15, -0.1) is 10.2 Å². The van der Waals surface area contributed by atoms with Crippen molar-refractivity contribution >= 4 is 0 Å². The Morgan fingerprint density at radius 2 is 2.29 bits per heavy atom. The molecule has 0 bridgehead atoms. The number of rotatable bonds is 6. The van der Waals surface area contributed by atoms with Gasteiger partial charge in [-0.1, -0.05) is 0 Å². The first-order valence-corrected chi connectivity index (χ1v) is 5.54. The molecule has 2 N–H and O–H groups in total. The van der Waals surface area contributed by atoms with Crippen LogP contribution in [0.25, 0.3) is 11.7 Å². The molecule has 0 aliphatic heterocycles. The summed E-state index contributed by atoms with van der Waals surface area (Å²) in [5.74, 6) is 1.58. The van der Waals surface area contributed by atoms with Gasteiger partial charge in [0, 0.05) is 0 Å². The zero-order chi connectivity index (χ0) is 12.1. The van der Waals surface area contributed by atoms with Crippen molar-refractivity contribution in [3.8, 4) is 11.7 Å². The monoisotopic (exact) mass is 236 g/mol. The van der Waals surface area contributed by atoms with Crippen LogP contribution in [0.1, 0.15) is 12.3 Å². The number of aromatic nitrogens is 2. The van der Waals surface area contributed by atoms with Gasteiger partial charge in [-0.2, -0.15) is 0 Å². The van der Waals surface area contributed by atoms with Gasteiger partial charge in [0.2, 0.25) is 5.89 Å². The van der Waals surface area contributed by atoms with Crippen LogP contribution in [-0.2, 0) is 6.54 Å². The summed E-state index contributed by atoms with van der Waals surface area (Å²) in [5.41, 5.74) is 5.45. The van der Waals surface area contributed by atoms with Crippen molar-refractivity contribution in [2.45, 2.75) is 13.0 Å². The highest BCUT2D eigenvalue weighted by Gasteiger charge is 2.11. The average molecular weight is 236 g/mol. The summed E-state index contributed by atoms with van der Waals surface area (Å²) >= 11 is 0. The van der Waals surface area contributed by atoms with E-state index in [2.05, 4.69) is 15.1 Å². The molecule has 92 valence electrons. The van der Waals surface area contributed by atoms with Crippen LogP contribution in [0.3, 0.4) is 0 Å². The molecule has 6 heteroatoms. The topological polar surface area (TPSA) is 81.3 Å². The number of nitrogens with zero attached hydrogens (tertiary/aromatic N) is 3. The molecule has 0 fully saturated rings. The minimum absolute atomic E-state index is 0.414. The van der Waals surface area contributed by atoms with Gasteiger partial charge in [-0.3, -0.25) is 4.90 Å². The second-order valence-corrected chi connectivity index (χ2v) is 3.86. The SMILES string of the molecule is CN(CCCN)Cc1nnc(-c2ccco2)o1. The lowest BCUT2D eigenvalue weighted by atomic mass is 10.4. The second kappa shape index (κ2) is 5.60. The van der Waals surface area contributed by atoms with E-state index in [1.165, 1.54) is 0 Å². The van der Waals surface area contributed by atoms with Crippen LogP contribution in [0, 0.1) is 0 Å². The first-order valence-electron chi connectivity index (χ1n) is 5.54. The maximum absolute atomic E-state index is 5.49. The zero-order valence-corrected chi connectivity index (χ0v) is 9.80. The van der Waals surface area contributed by atoms with Crippen LogP contribution in [0.4, 0.5) is 0 Å². The first-order chi connectivity index (χ1) is 8.29. The molecule has 0 saturated heterocycles. The number of nitrogens with two attached hydrogens (primary N) is 1. The quantitative estimate of drug-likeness (QED) is 0.809. The fourth-order valence-corrected chi connectivity index (χ4v) is 1.49. The fourth-order valence-electron chi connectivity index (χ4n) is 1.49. The number of hydrogen-bond donors (Lipinski definition) is 1. The van der Waals surface area contributed by atoms with E-state index in [1.54, 1.807) is 18.4 Å². The summed E-state index contributed by atoms with van der Waals surface area (Å²) < 4.78 is 10.7. The summed E-state index contributed by atoms with van der Waals surface area (Å²) in [5, 5.41) is 7.90. The Morgan fingerprint density at radius 1 is 1.41 bits per heavy atom. The van der Waals surface area contributed by atoms with E-state index in [9.17, 15) is 0 Å². The maximum Gasteiger partial charge on any atom is 0.283 e. The van der Waals surface area contributed by atoms with Crippen LogP contribution in [0.2, 0.25) is 0 Å². The second-order valence-electron chi connectivity index (χ2n) is 3.86. The molecule has 0 unspecified atom stereocenters. The summed E-state index contributed by atoms with van der Waals surface area (Å²) in [7, 11) is 1.99. The molecule has 2 rings (SSSR count). The normalized spacial score (nSPS) is 11.2. The molecule has 2 aromatic heterocycles. The van der Waals surface area contributed by atoms with E-state index in [-0.39, 0.29) is 0 Å². The van der Waals surface area contributed by atoms with Gasteiger partial charge in [0.15, 0.2) is 5.76 Å².